The summed E-state index contributed by atoms with van der Waals surface area (Å²) in [6.07, 6.45) is 4.25. The third-order valence-corrected chi connectivity index (χ3v) is 3.07. The van der Waals surface area contributed by atoms with E-state index in [-0.39, 0.29) is 10.9 Å². The molecule has 0 heterocycles. The average Bonchev–Trinajstić information content (AvgIpc) is 2.16. The molecule has 0 radical (unpaired) electrons. The van der Waals surface area contributed by atoms with Crippen LogP contribution in [-0.4, -0.2) is 12.5 Å². The Labute approximate surface area is 80.8 Å². The predicted molar refractivity (Wildman–Crippen MR) is 55.0 cm³/mol. The van der Waals surface area contributed by atoms with Crippen LogP contribution in [0.4, 0.5) is 0 Å². The van der Waals surface area contributed by atoms with Crippen molar-refractivity contribution in [3.8, 4) is 12.1 Å². The van der Waals surface area contributed by atoms with Crippen LogP contribution in [0.5, 0.6) is 0 Å². The molecule has 13 heavy (non-hydrogen) atoms. The van der Waals surface area contributed by atoms with Gasteiger partial charge in [-0.3, -0.25) is 0 Å². The molecule has 1 aromatic carbocycles. The second-order valence-electron chi connectivity index (χ2n) is 2.85. The summed E-state index contributed by atoms with van der Waals surface area (Å²) in [5.74, 6) is 0. The van der Waals surface area contributed by atoms with E-state index in [2.05, 4.69) is 12.5 Å². The minimum absolute atomic E-state index is 0.195. The van der Waals surface area contributed by atoms with Gasteiger partial charge in [0.05, 0.1) is 11.1 Å². The molecule has 3 heteroatoms. The molecule has 0 fully saturated rings. The second kappa shape index (κ2) is 3.98. The van der Waals surface area contributed by atoms with Gasteiger partial charge in [-0.1, -0.05) is 0 Å². The highest BCUT2D eigenvalue weighted by atomic mass is 32.2. The van der Waals surface area contributed by atoms with Crippen LogP contribution in [0.2, 0.25) is 0 Å². The standard InChI is InChI=1S/C10H10N2S/c1-13(2)10-4-3-8(6-11)9(5-10)7-12/h3-5,13H,1-2H3. The summed E-state index contributed by atoms with van der Waals surface area (Å²) in [5.41, 5.74) is 0.944. The Kier molecular flexibility index (Phi) is 2.95. The van der Waals surface area contributed by atoms with E-state index in [0.717, 1.165) is 4.90 Å². The molecular weight excluding hydrogens is 180 g/mol. The van der Waals surface area contributed by atoms with E-state index in [4.69, 9.17) is 10.5 Å². The van der Waals surface area contributed by atoms with E-state index in [9.17, 15) is 0 Å². The normalized spacial score (nSPS) is 10.0. The SMILES string of the molecule is C[SH](C)c1ccc(C#N)c(C#N)c1. The summed E-state index contributed by atoms with van der Waals surface area (Å²) in [7, 11) is -0.195. The fourth-order valence-corrected chi connectivity index (χ4v) is 1.76. The molecule has 2 nitrogen and oxygen atoms in total. The van der Waals surface area contributed by atoms with Crippen molar-refractivity contribution in [2.75, 3.05) is 12.5 Å². The van der Waals surface area contributed by atoms with Gasteiger partial charge in [0.15, 0.2) is 0 Å². The van der Waals surface area contributed by atoms with Gasteiger partial charge < -0.3 is 0 Å². The molecule has 0 atom stereocenters. The Bertz CT molecular complexity index is 396. The molecule has 0 bridgehead atoms. The van der Waals surface area contributed by atoms with Crippen LogP contribution in [0.15, 0.2) is 23.1 Å². The molecule has 0 unspecified atom stereocenters. The van der Waals surface area contributed by atoms with Crippen molar-refractivity contribution in [1.82, 2.24) is 0 Å². The van der Waals surface area contributed by atoms with Crippen molar-refractivity contribution in [1.29, 1.82) is 10.5 Å². The van der Waals surface area contributed by atoms with Gasteiger partial charge in [0.1, 0.15) is 12.1 Å². The maximum Gasteiger partial charge on any atom is 0.101 e. The molecule has 0 aliphatic carbocycles. The molecule has 0 spiro atoms. The fraction of sp³-hybridized carbons (Fsp3) is 0.200. The number of hydrogen-bond acceptors (Lipinski definition) is 2. The van der Waals surface area contributed by atoms with Crippen molar-refractivity contribution < 1.29 is 0 Å². The van der Waals surface area contributed by atoms with E-state index in [1.165, 1.54) is 0 Å². The maximum atomic E-state index is 8.76. The smallest absolute Gasteiger partial charge is 0.101 e. The zero-order chi connectivity index (χ0) is 9.84. The lowest BCUT2D eigenvalue weighted by Gasteiger charge is -2.09. The van der Waals surface area contributed by atoms with Crippen LogP contribution in [0.25, 0.3) is 0 Å². The molecule has 0 aromatic heterocycles. The zero-order valence-corrected chi connectivity index (χ0v) is 8.47. The van der Waals surface area contributed by atoms with Crippen molar-refractivity contribution in [2.24, 2.45) is 0 Å². The summed E-state index contributed by atoms with van der Waals surface area (Å²) in [6, 6.07) is 9.48. The third-order valence-electron chi connectivity index (χ3n) is 1.76. The highest BCUT2D eigenvalue weighted by Gasteiger charge is 2.03. The van der Waals surface area contributed by atoms with Gasteiger partial charge in [-0.2, -0.15) is 10.5 Å². The molecule has 0 N–H and O–H groups in total. The average molecular weight is 190 g/mol. The highest BCUT2D eigenvalue weighted by molar-refractivity contribution is 8.15. The van der Waals surface area contributed by atoms with Crippen molar-refractivity contribution in [3.05, 3.63) is 29.3 Å². The van der Waals surface area contributed by atoms with E-state index in [1.54, 1.807) is 6.07 Å². The third kappa shape index (κ3) is 2.02. The number of benzene rings is 1. The molecule has 66 valence electrons. The molecule has 0 saturated heterocycles. The second-order valence-corrected chi connectivity index (χ2v) is 5.15. The van der Waals surface area contributed by atoms with E-state index in [1.807, 2.05) is 24.3 Å². The van der Waals surface area contributed by atoms with Gasteiger partial charge in [-0.15, -0.1) is 0 Å². The fourth-order valence-electron chi connectivity index (χ4n) is 1.00. The number of nitrogens with zero attached hydrogens (tertiary/aromatic N) is 2. The number of rotatable bonds is 1. The first-order valence-corrected chi connectivity index (χ1v) is 6.04. The highest BCUT2D eigenvalue weighted by Crippen LogP contribution is 2.29. The first-order chi connectivity index (χ1) is 6.19. The monoisotopic (exact) mass is 190 g/mol. The van der Waals surface area contributed by atoms with Crippen LogP contribution >= 0.6 is 10.9 Å². The van der Waals surface area contributed by atoms with Gasteiger partial charge >= 0.3 is 0 Å². The Morgan fingerprint density at radius 1 is 1.08 bits per heavy atom. The van der Waals surface area contributed by atoms with Crippen molar-refractivity contribution >= 4 is 10.9 Å². The first kappa shape index (κ1) is 9.64. The minimum atomic E-state index is -0.195. The molecule has 1 rings (SSSR count). The Morgan fingerprint density at radius 3 is 2.15 bits per heavy atom. The van der Waals surface area contributed by atoms with Crippen LogP contribution in [0.1, 0.15) is 11.1 Å². The summed E-state index contributed by atoms with van der Waals surface area (Å²) in [6.45, 7) is 0. The van der Waals surface area contributed by atoms with Crippen LogP contribution in [0.3, 0.4) is 0 Å². The van der Waals surface area contributed by atoms with Gasteiger partial charge in [0.2, 0.25) is 0 Å². The quantitative estimate of drug-likeness (QED) is 0.689. The molecule has 0 aliphatic heterocycles. The number of hydrogen-bond donors (Lipinski definition) is 1. The Balaban J connectivity index is 3.25. The predicted octanol–water partition coefficient (Wildman–Crippen LogP) is 2.05. The largest absolute Gasteiger partial charge is 0.233 e. The van der Waals surface area contributed by atoms with Crippen LogP contribution in [-0.2, 0) is 0 Å². The molecular formula is C10H10N2S. The summed E-state index contributed by atoms with van der Waals surface area (Å²) in [4.78, 5) is 1.16. The number of nitriles is 2. The summed E-state index contributed by atoms with van der Waals surface area (Å²) in [5, 5.41) is 17.4. The van der Waals surface area contributed by atoms with Crippen molar-refractivity contribution in [3.63, 3.8) is 0 Å². The topological polar surface area (TPSA) is 47.6 Å². The lowest BCUT2D eigenvalue weighted by atomic mass is 10.1. The maximum absolute atomic E-state index is 8.76. The van der Waals surface area contributed by atoms with Gasteiger partial charge in [-0.05, 0) is 35.6 Å². The lowest BCUT2D eigenvalue weighted by Crippen LogP contribution is -1.86. The van der Waals surface area contributed by atoms with E-state index < -0.39 is 0 Å². The summed E-state index contributed by atoms with van der Waals surface area (Å²) >= 11 is 0. The Morgan fingerprint density at radius 2 is 1.69 bits per heavy atom. The van der Waals surface area contributed by atoms with Gasteiger partial charge in [-0.25, -0.2) is 10.9 Å². The number of thiol groups is 1. The van der Waals surface area contributed by atoms with E-state index in [0.29, 0.717) is 11.1 Å². The molecule has 0 amide bonds. The van der Waals surface area contributed by atoms with Crippen molar-refractivity contribution in [2.45, 2.75) is 4.90 Å². The lowest BCUT2D eigenvalue weighted by molar-refractivity contribution is 1.36. The molecule has 0 aliphatic rings. The molecule has 0 saturated carbocycles. The van der Waals surface area contributed by atoms with Crippen LogP contribution in [0, 0.1) is 22.7 Å². The summed E-state index contributed by atoms with van der Waals surface area (Å²) < 4.78 is 0. The van der Waals surface area contributed by atoms with E-state index >= 15 is 0 Å². The zero-order valence-electron chi connectivity index (χ0n) is 7.57. The van der Waals surface area contributed by atoms with Gasteiger partial charge in [0, 0.05) is 0 Å². The minimum Gasteiger partial charge on any atom is -0.233 e. The van der Waals surface area contributed by atoms with Crippen LogP contribution < -0.4 is 0 Å². The van der Waals surface area contributed by atoms with Gasteiger partial charge in [0.25, 0.3) is 0 Å². The molecule has 1 aromatic rings. The first-order valence-electron chi connectivity index (χ1n) is 3.80. The Hall–Kier alpha value is -1.45.